The maximum atomic E-state index is 13.3. The quantitative estimate of drug-likeness (QED) is 0.260. The molecule has 0 saturated carbocycles. The first-order valence-corrected chi connectivity index (χ1v) is 11.3. The summed E-state index contributed by atoms with van der Waals surface area (Å²) in [7, 11) is -4.26. The first kappa shape index (κ1) is 24.4. The minimum absolute atomic E-state index is 0.0252. The minimum Gasteiger partial charge on any atom is -0.456 e. The van der Waals surface area contributed by atoms with E-state index in [2.05, 4.69) is 5.10 Å². The highest BCUT2D eigenvalue weighted by Gasteiger charge is 2.33. The van der Waals surface area contributed by atoms with E-state index in [0.29, 0.717) is 0 Å². The average molecular weight is 519 g/mol. The van der Waals surface area contributed by atoms with Crippen LogP contribution in [0, 0.1) is 20.2 Å². The Labute approximate surface area is 197 Å². The number of hydrogen-bond acceptors (Lipinski definition) is 7. The van der Waals surface area contributed by atoms with Crippen molar-refractivity contribution in [2.24, 2.45) is 10.8 Å². The van der Waals surface area contributed by atoms with Crippen LogP contribution < -0.4 is 10.5 Å². The zero-order chi connectivity index (χ0) is 24.3. The van der Waals surface area contributed by atoms with Crippen LogP contribution in [-0.2, 0) is 10.0 Å². The summed E-state index contributed by atoms with van der Waals surface area (Å²) in [5, 5.41) is 24.3. The van der Waals surface area contributed by atoms with Gasteiger partial charge in [0.05, 0.1) is 4.92 Å². The number of ether oxygens (including phenoxy) is 1. The maximum Gasteiger partial charge on any atom is 0.271 e. The van der Waals surface area contributed by atoms with Crippen LogP contribution in [0.5, 0.6) is 11.5 Å². The van der Waals surface area contributed by atoms with Crippen molar-refractivity contribution in [1.82, 2.24) is 9.21 Å². The number of guanidine groups is 1. The minimum atomic E-state index is -4.26. The van der Waals surface area contributed by atoms with Gasteiger partial charge in [-0.25, -0.2) is 18.5 Å². The summed E-state index contributed by atoms with van der Waals surface area (Å²) >= 11 is 11.9. The molecule has 0 amide bonds. The van der Waals surface area contributed by atoms with E-state index in [9.17, 15) is 28.6 Å². The molecule has 0 radical (unpaired) electrons. The maximum absolute atomic E-state index is 13.3. The number of nitro benzene ring substituents is 1. The van der Waals surface area contributed by atoms with Gasteiger partial charge in [-0.2, -0.15) is 4.31 Å². The molecule has 33 heavy (non-hydrogen) atoms. The monoisotopic (exact) mass is 518 g/mol. The van der Waals surface area contributed by atoms with Crippen LogP contribution in [0.1, 0.15) is 0 Å². The Kier molecular flexibility index (Phi) is 7.22. The smallest absolute Gasteiger partial charge is 0.271 e. The van der Waals surface area contributed by atoms with Crippen molar-refractivity contribution in [2.45, 2.75) is 4.90 Å². The molecule has 0 aromatic heterocycles. The Bertz CT molecular complexity index is 1210. The lowest BCUT2D eigenvalue weighted by Crippen LogP contribution is -2.52. The number of halogens is 2. The van der Waals surface area contributed by atoms with Crippen molar-refractivity contribution >= 4 is 44.9 Å². The lowest BCUT2D eigenvalue weighted by Gasteiger charge is -2.33. The number of nitro groups is 2. The number of piperazine rings is 1. The highest BCUT2D eigenvalue weighted by molar-refractivity contribution is 7.89. The Morgan fingerprint density at radius 1 is 1.03 bits per heavy atom. The van der Waals surface area contributed by atoms with Crippen LogP contribution in [0.15, 0.2) is 46.4 Å². The highest BCUT2D eigenvalue weighted by atomic mass is 35.5. The molecule has 2 aromatic carbocycles. The van der Waals surface area contributed by atoms with Crippen LogP contribution in [0.3, 0.4) is 0 Å². The summed E-state index contributed by atoms with van der Waals surface area (Å²) in [5.41, 5.74) is 5.10. The molecular formula is C17H16Cl2N6O7S. The molecule has 0 unspecified atom stereocenters. The molecule has 1 aliphatic heterocycles. The SMILES string of the molecule is N/C(=N\[N+](=O)[O-])N1CCN(S(=O)(=O)c2cc([N+](=O)[O-])ccc2Oc2cc(Cl)cc(Cl)c2)CC1. The van der Waals surface area contributed by atoms with Crippen LogP contribution in [0.4, 0.5) is 5.69 Å². The van der Waals surface area contributed by atoms with Crippen molar-refractivity contribution < 1.29 is 23.1 Å². The van der Waals surface area contributed by atoms with Crippen molar-refractivity contribution in [1.29, 1.82) is 0 Å². The van der Waals surface area contributed by atoms with Gasteiger partial charge >= 0.3 is 0 Å². The molecule has 1 aliphatic rings. The molecule has 3 rings (SSSR count). The lowest BCUT2D eigenvalue weighted by atomic mass is 10.3. The second-order valence-corrected chi connectivity index (χ2v) is 9.46. The Morgan fingerprint density at radius 2 is 1.64 bits per heavy atom. The summed E-state index contributed by atoms with van der Waals surface area (Å²) < 4.78 is 33.4. The van der Waals surface area contributed by atoms with Crippen molar-refractivity contribution in [3.05, 3.63) is 66.7 Å². The number of non-ortho nitro benzene ring substituents is 1. The second kappa shape index (κ2) is 9.74. The van der Waals surface area contributed by atoms with Gasteiger partial charge in [0.2, 0.25) is 10.0 Å². The first-order valence-electron chi connectivity index (χ1n) is 9.13. The van der Waals surface area contributed by atoms with Crippen molar-refractivity contribution in [2.75, 3.05) is 26.2 Å². The average Bonchev–Trinajstić information content (AvgIpc) is 2.72. The zero-order valence-electron chi connectivity index (χ0n) is 16.6. The van der Waals surface area contributed by atoms with Crippen molar-refractivity contribution in [3.63, 3.8) is 0 Å². The predicted octanol–water partition coefficient (Wildman–Crippen LogP) is 2.51. The van der Waals surface area contributed by atoms with Crippen LogP contribution in [0.2, 0.25) is 10.0 Å². The molecule has 0 bridgehead atoms. The molecule has 176 valence electrons. The molecule has 1 heterocycles. The van der Waals surface area contributed by atoms with E-state index in [-0.39, 0.29) is 53.7 Å². The Hall–Kier alpha value is -3.20. The van der Waals surface area contributed by atoms with E-state index in [1.165, 1.54) is 23.1 Å². The van der Waals surface area contributed by atoms with Gasteiger partial charge in [0.1, 0.15) is 21.5 Å². The third-order valence-electron chi connectivity index (χ3n) is 4.57. The van der Waals surface area contributed by atoms with Gasteiger partial charge in [-0.1, -0.05) is 23.2 Å². The molecule has 0 atom stereocenters. The normalized spacial score (nSPS) is 15.3. The molecule has 2 aromatic rings. The number of hydrazone groups is 1. The fourth-order valence-corrected chi connectivity index (χ4v) is 5.12. The molecular weight excluding hydrogens is 503 g/mol. The molecule has 1 fully saturated rings. The van der Waals surface area contributed by atoms with Gasteiger partial charge in [-0.05, 0) is 24.3 Å². The largest absolute Gasteiger partial charge is 0.456 e. The molecule has 13 nitrogen and oxygen atoms in total. The summed E-state index contributed by atoms with van der Waals surface area (Å²) in [6, 6.07) is 7.43. The summed E-state index contributed by atoms with van der Waals surface area (Å²) in [4.78, 5) is 21.9. The number of benzene rings is 2. The summed E-state index contributed by atoms with van der Waals surface area (Å²) in [6.07, 6.45) is 0. The number of nitrogens with two attached hydrogens (primary N) is 1. The third kappa shape index (κ3) is 5.78. The van der Waals surface area contributed by atoms with Crippen molar-refractivity contribution in [3.8, 4) is 11.5 Å². The van der Waals surface area contributed by atoms with E-state index < -0.39 is 30.6 Å². The topological polar surface area (TPSA) is 175 Å². The molecule has 16 heteroatoms. The van der Waals surface area contributed by atoms with E-state index in [1.807, 2.05) is 0 Å². The van der Waals surface area contributed by atoms with Gasteiger partial charge in [-0.15, -0.1) is 0 Å². The fourth-order valence-electron chi connectivity index (χ4n) is 3.05. The lowest BCUT2D eigenvalue weighted by molar-refractivity contribution is -0.485. The van der Waals surface area contributed by atoms with Crippen LogP contribution >= 0.6 is 23.2 Å². The van der Waals surface area contributed by atoms with Gasteiger partial charge in [-0.3, -0.25) is 10.1 Å². The van der Waals surface area contributed by atoms with E-state index in [0.717, 1.165) is 22.5 Å². The molecule has 0 aliphatic carbocycles. The van der Waals surface area contributed by atoms with E-state index in [4.69, 9.17) is 33.7 Å². The predicted molar refractivity (Wildman–Crippen MR) is 119 cm³/mol. The highest BCUT2D eigenvalue weighted by Crippen LogP contribution is 2.36. The molecule has 0 spiro atoms. The Morgan fingerprint density at radius 3 is 2.18 bits per heavy atom. The number of hydrogen-bond donors (Lipinski definition) is 1. The number of rotatable bonds is 6. The molecule has 2 N–H and O–H groups in total. The number of nitrogens with zero attached hydrogens (tertiary/aromatic N) is 5. The van der Waals surface area contributed by atoms with Gasteiger partial charge in [0.25, 0.3) is 11.6 Å². The van der Waals surface area contributed by atoms with Gasteiger partial charge in [0.15, 0.2) is 5.03 Å². The number of sulfonamides is 1. The summed E-state index contributed by atoms with van der Waals surface area (Å²) in [6.45, 7) is -0.141. The standard InChI is InChI=1S/C17H16Cl2N6O7S/c18-11-7-12(19)9-14(8-11)32-15-2-1-13(24(26)27)10-16(15)33(30,31)23-5-3-22(4-6-23)17(20)21-25(28)29/h1-2,7-10H,3-6H2,(H2,20,21). The van der Waals surface area contributed by atoms with Gasteiger partial charge < -0.3 is 15.4 Å². The van der Waals surface area contributed by atoms with Crippen LogP contribution in [0.25, 0.3) is 0 Å². The summed E-state index contributed by atoms with van der Waals surface area (Å²) in [5.74, 6) is -0.392. The van der Waals surface area contributed by atoms with E-state index >= 15 is 0 Å². The first-order chi connectivity index (χ1) is 15.5. The fraction of sp³-hybridized carbons (Fsp3) is 0.235. The van der Waals surface area contributed by atoms with Crippen LogP contribution in [-0.4, -0.2) is 59.7 Å². The zero-order valence-corrected chi connectivity index (χ0v) is 19.0. The van der Waals surface area contributed by atoms with Gasteiger partial charge in [0, 0.05) is 48.4 Å². The Balaban J connectivity index is 1.93. The van der Waals surface area contributed by atoms with E-state index in [1.54, 1.807) is 0 Å². The molecule has 1 saturated heterocycles. The third-order valence-corrected chi connectivity index (χ3v) is 6.92. The second-order valence-electron chi connectivity index (χ2n) is 6.68.